The summed E-state index contributed by atoms with van der Waals surface area (Å²) in [6, 6.07) is 0. The van der Waals surface area contributed by atoms with Gasteiger partial charge in [0.05, 0.1) is 42.7 Å². The Bertz CT molecular complexity index is 1230. The first-order chi connectivity index (χ1) is 21.3. The van der Waals surface area contributed by atoms with Crippen molar-refractivity contribution in [3.8, 4) is 0 Å². The molecule has 4 N–H and O–H groups in total. The summed E-state index contributed by atoms with van der Waals surface area (Å²) in [4.78, 5) is 12.0. The quantitative estimate of drug-likeness (QED) is 0.251. The van der Waals surface area contributed by atoms with E-state index in [4.69, 9.17) is 18.9 Å². The van der Waals surface area contributed by atoms with Crippen LogP contribution in [-0.4, -0.2) is 87.6 Å². The lowest BCUT2D eigenvalue weighted by atomic mass is 9.40. The maximum Gasteiger partial charge on any atom is 0.303 e. The third kappa shape index (κ3) is 4.21. The van der Waals surface area contributed by atoms with Crippen molar-refractivity contribution in [3.05, 3.63) is 0 Å². The molecule has 0 bridgehead atoms. The van der Waals surface area contributed by atoms with E-state index in [0.29, 0.717) is 24.7 Å². The molecule has 15 unspecified atom stereocenters. The van der Waals surface area contributed by atoms with Crippen LogP contribution in [0.1, 0.15) is 120 Å². The Morgan fingerprint density at radius 2 is 1.57 bits per heavy atom. The van der Waals surface area contributed by atoms with Gasteiger partial charge in [-0.2, -0.15) is 0 Å². The number of rotatable bonds is 5. The van der Waals surface area contributed by atoms with Crippen LogP contribution < -0.4 is 0 Å². The van der Waals surface area contributed by atoms with E-state index in [9.17, 15) is 25.2 Å². The van der Waals surface area contributed by atoms with Crippen LogP contribution in [0.5, 0.6) is 0 Å². The largest absolute Gasteiger partial charge is 0.457 e. The molecule has 2 saturated heterocycles. The standard InChI is InChI=1S/C37H60O9/c1-20(38)44-29(32(4,5)42)23-11-13-33(6)30(45-23)28(41)35(8)25-10-9-24-31(2,3)26(46-27-17-21(39)22(40)18-43-27)12-14-36(24)19-37(25,36)16-15-34(33,35)7/h21-30,39-42H,9-19H2,1-8H3. The second-order valence-corrected chi connectivity index (χ2v) is 18.6. The fourth-order valence-electron chi connectivity index (χ4n) is 13.5. The molecule has 0 aromatic heterocycles. The van der Waals surface area contributed by atoms with Crippen molar-refractivity contribution in [2.24, 2.45) is 44.3 Å². The highest BCUT2D eigenvalue weighted by molar-refractivity contribution is 5.66. The Morgan fingerprint density at radius 1 is 0.891 bits per heavy atom. The lowest BCUT2D eigenvalue weighted by Gasteiger charge is -2.65. The highest BCUT2D eigenvalue weighted by atomic mass is 16.7. The van der Waals surface area contributed by atoms with Gasteiger partial charge in [0.1, 0.15) is 6.10 Å². The van der Waals surface area contributed by atoms with E-state index in [-0.39, 0.29) is 45.2 Å². The summed E-state index contributed by atoms with van der Waals surface area (Å²) in [5.41, 5.74) is -1.57. The number of fused-ring (bicyclic) bond motifs is 4. The molecule has 0 aromatic carbocycles. The SMILES string of the molecule is CC(=O)OC(C1CCC2(C)C(O1)C(O)C1(C)C3CCC4C(C)(C)C(OC5CC(O)C(O)CO5)CCC45CC35CCC21C)C(C)(C)O. The molecule has 7 fully saturated rings. The smallest absolute Gasteiger partial charge is 0.303 e. The van der Waals surface area contributed by atoms with Gasteiger partial charge in [0.25, 0.3) is 0 Å². The number of aliphatic hydroxyl groups excluding tert-OH is 3. The zero-order valence-corrected chi connectivity index (χ0v) is 29.4. The number of carbonyl (C=O) groups is 1. The topological polar surface area (TPSA) is 135 Å². The molecule has 0 amide bonds. The Hall–Kier alpha value is -0.810. The lowest BCUT2D eigenvalue weighted by Crippen LogP contribution is -2.61. The number of aliphatic hydroxyl groups is 4. The maximum atomic E-state index is 12.6. The fourth-order valence-corrected chi connectivity index (χ4v) is 13.5. The van der Waals surface area contributed by atoms with Gasteiger partial charge in [0.2, 0.25) is 0 Å². The predicted octanol–water partition coefficient (Wildman–Crippen LogP) is 4.50. The van der Waals surface area contributed by atoms with Crippen molar-refractivity contribution < 1.29 is 44.2 Å². The third-order valence-electron chi connectivity index (χ3n) is 16.2. The van der Waals surface area contributed by atoms with Crippen LogP contribution in [-0.2, 0) is 23.7 Å². The van der Waals surface area contributed by atoms with Gasteiger partial charge in [-0.25, -0.2) is 0 Å². The minimum atomic E-state index is -1.27. The van der Waals surface area contributed by atoms with Crippen LogP contribution in [0.3, 0.4) is 0 Å². The summed E-state index contributed by atoms with van der Waals surface area (Å²) in [5.74, 6) is 0.460. The number of esters is 1. The highest BCUT2D eigenvalue weighted by Gasteiger charge is 2.86. The van der Waals surface area contributed by atoms with Crippen LogP contribution in [0.25, 0.3) is 0 Å². The highest BCUT2D eigenvalue weighted by Crippen LogP contribution is 2.90. The molecule has 9 nitrogen and oxygen atoms in total. The molecular weight excluding hydrogens is 588 g/mol. The summed E-state index contributed by atoms with van der Waals surface area (Å²) in [5, 5.41) is 43.7. The lowest BCUT2D eigenvalue weighted by molar-refractivity contribution is -0.266. The van der Waals surface area contributed by atoms with E-state index in [0.717, 1.165) is 38.5 Å². The second kappa shape index (κ2) is 10.4. The van der Waals surface area contributed by atoms with Gasteiger partial charge in [-0.15, -0.1) is 0 Å². The van der Waals surface area contributed by atoms with E-state index in [1.54, 1.807) is 13.8 Å². The molecule has 5 aliphatic carbocycles. The summed E-state index contributed by atoms with van der Waals surface area (Å²) >= 11 is 0. The van der Waals surface area contributed by atoms with E-state index in [1.807, 2.05) is 0 Å². The molecule has 2 heterocycles. The molecule has 9 heteroatoms. The van der Waals surface area contributed by atoms with Gasteiger partial charge < -0.3 is 39.4 Å². The summed E-state index contributed by atoms with van der Waals surface area (Å²) in [6.45, 7) is 16.7. The van der Waals surface area contributed by atoms with Gasteiger partial charge in [0.15, 0.2) is 12.4 Å². The van der Waals surface area contributed by atoms with Gasteiger partial charge in [-0.05, 0) is 105 Å². The van der Waals surface area contributed by atoms with Crippen molar-refractivity contribution >= 4 is 5.97 Å². The summed E-state index contributed by atoms with van der Waals surface area (Å²) < 4.78 is 24.9. The van der Waals surface area contributed by atoms with Crippen LogP contribution in [0.4, 0.5) is 0 Å². The van der Waals surface area contributed by atoms with E-state index in [1.165, 1.54) is 19.8 Å². The molecule has 262 valence electrons. The predicted molar refractivity (Wildman–Crippen MR) is 169 cm³/mol. The van der Waals surface area contributed by atoms with E-state index < -0.39 is 54.5 Å². The number of carbonyl (C=O) groups excluding carboxylic acids is 1. The second-order valence-electron chi connectivity index (χ2n) is 18.6. The van der Waals surface area contributed by atoms with Crippen molar-refractivity contribution in [2.75, 3.05) is 6.61 Å². The average molecular weight is 649 g/mol. The van der Waals surface area contributed by atoms with Gasteiger partial charge in [0, 0.05) is 24.2 Å². The van der Waals surface area contributed by atoms with Gasteiger partial charge >= 0.3 is 5.97 Å². The van der Waals surface area contributed by atoms with E-state index >= 15 is 0 Å². The van der Waals surface area contributed by atoms with Crippen molar-refractivity contribution in [2.45, 2.75) is 174 Å². The van der Waals surface area contributed by atoms with Crippen LogP contribution >= 0.6 is 0 Å². The molecule has 5 saturated carbocycles. The number of ether oxygens (including phenoxy) is 4. The van der Waals surface area contributed by atoms with Crippen LogP contribution in [0.15, 0.2) is 0 Å². The molecule has 0 aromatic rings. The summed E-state index contributed by atoms with van der Waals surface area (Å²) in [6.07, 6.45) is 5.04. The number of hydrogen-bond donors (Lipinski definition) is 4. The Kier molecular flexibility index (Phi) is 7.59. The number of hydrogen-bond acceptors (Lipinski definition) is 9. The molecule has 46 heavy (non-hydrogen) atoms. The molecule has 7 rings (SSSR count). The Balaban J connectivity index is 1.15. The monoisotopic (exact) mass is 648 g/mol. The minimum Gasteiger partial charge on any atom is -0.457 e. The molecule has 7 aliphatic rings. The van der Waals surface area contributed by atoms with Gasteiger partial charge in [-0.1, -0.05) is 34.6 Å². The van der Waals surface area contributed by atoms with Crippen molar-refractivity contribution in [1.82, 2.24) is 0 Å². The normalized spacial score (nSPS) is 54.7. The van der Waals surface area contributed by atoms with Crippen LogP contribution in [0.2, 0.25) is 0 Å². The molecule has 0 radical (unpaired) electrons. The molecule has 15 atom stereocenters. The van der Waals surface area contributed by atoms with Crippen molar-refractivity contribution in [3.63, 3.8) is 0 Å². The van der Waals surface area contributed by atoms with Crippen LogP contribution in [0, 0.1) is 44.3 Å². The molecule has 2 aliphatic heterocycles. The van der Waals surface area contributed by atoms with Gasteiger partial charge in [-0.3, -0.25) is 4.79 Å². The first-order valence-electron chi connectivity index (χ1n) is 18.1. The Morgan fingerprint density at radius 3 is 2.22 bits per heavy atom. The first-order valence-corrected chi connectivity index (χ1v) is 18.1. The minimum absolute atomic E-state index is 0.0272. The first kappa shape index (κ1) is 33.7. The average Bonchev–Trinajstić information content (AvgIpc) is 3.61. The molecule has 2 spiro atoms. The molecular formula is C37H60O9. The third-order valence-corrected chi connectivity index (χ3v) is 16.2. The zero-order valence-electron chi connectivity index (χ0n) is 29.4. The maximum absolute atomic E-state index is 12.6. The van der Waals surface area contributed by atoms with E-state index in [2.05, 4.69) is 34.6 Å². The zero-order chi connectivity index (χ0) is 33.5. The fraction of sp³-hybridized carbons (Fsp3) is 0.973. The Labute approximate surface area is 275 Å². The van der Waals surface area contributed by atoms with Crippen molar-refractivity contribution in [1.29, 1.82) is 0 Å². The summed E-state index contributed by atoms with van der Waals surface area (Å²) in [7, 11) is 0.